The van der Waals surface area contributed by atoms with E-state index in [1.165, 1.54) is 20.8 Å². The van der Waals surface area contributed by atoms with Crippen molar-refractivity contribution < 1.29 is 53.9 Å². The predicted molar refractivity (Wildman–Crippen MR) is 164 cm³/mol. The maximum Gasteiger partial charge on any atom is 0.220 e. The number of amides is 1. The van der Waals surface area contributed by atoms with Crippen LogP contribution in [0.4, 0.5) is 0 Å². The van der Waals surface area contributed by atoms with Crippen LogP contribution in [-0.2, 0) is 52.5 Å². The second-order valence-electron chi connectivity index (χ2n) is 11.0. The van der Waals surface area contributed by atoms with Gasteiger partial charge in [-0.3, -0.25) is 28.8 Å². The molecule has 44 heavy (non-hydrogen) atoms. The minimum Gasteiger partial charge on any atom is -0.382 e. The lowest BCUT2D eigenvalue weighted by atomic mass is 9.90. The number of rotatable bonds is 30. The predicted octanol–water partition coefficient (Wildman–Crippen LogP) is 3.04. The van der Waals surface area contributed by atoms with Gasteiger partial charge in [0, 0.05) is 72.1 Å². The molecule has 0 aliphatic carbocycles. The maximum atomic E-state index is 13.0. The third kappa shape index (κ3) is 21.9. The minimum atomic E-state index is -0.904. The molecule has 0 saturated heterocycles. The van der Waals surface area contributed by atoms with Gasteiger partial charge in [0.05, 0.1) is 32.5 Å². The second-order valence-corrected chi connectivity index (χ2v) is 11.0. The number of hydrogen-bond donors (Lipinski definition) is 1. The number of carbonyl (C=O) groups is 7. The summed E-state index contributed by atoms with van der Waals surface area (Å²) in [5.41, 5.74) is 0. The molecule has 0 radical (unpaired) electrons. The van der Waals surface area contributed by atoms with Gasteiger partial charge in [0.15, 0.2) is 11.6 Å². The SMILES string of the molecule is CCOCCOCC(=O)CC(CCC(=O)NC(CCC(=O)CC(CCC(C)=O)C(C)=O)C(C)=O)C(=O)CCCOCCOC.[HH]. The highest BCUT2D eigenvalue weighted by atomic mass is 16.5. The van der Waals surface area contributed by atoms with Gasteiger partial charge in [-0.15, -0.1) is 0 Å². The van der Waals surface area contributed by atoms with E-state index in [4.69, 9.17) is 18.9 Å². The van der Waals surface area contributed by atoms with Crippen molar-refractivity contribution >= 4 is 40.6 Å². The molecule has 0 heterocycles. The van der Waals surface area contributed by atoms with E-state index in [-0.39, 0.29) is 101 Å². The first-order valence-electron chi connectivity index (χ1n) is 15.5. The Morgan fingerprint density at radius 2 is 1.30 bits per heavy atom. The molecule has 1 amide bonds. The second kappa shape index (κ2) is 25.6. The van der Waals surface area contributed by atoms with Gasteiger partial charge in [0.2, 0.25) is 5.91 Å². The lowest BCUT2D eigenvalue weighted by Gasteiger charge is -2.19. The molecule has 0 aromatic rings. The highest BCUT2D eigenvalue weighted by Gasteiger charge is 2.25. The lowest BCUT2D eigenvalue weighted by molar-refractivity contribution is -0.132. The van der Waals surface area contributed by atoms with Gasteiger partial charge in [0.25, 0.3) is 0 Å². The number of carbonyl (C=O) groups excluding carboxylic acids is 7. The van der Waals surface area contributed by atoms with Crippen LogP contribution in [0.1, 0.15) is 93.3 Å². The molecule has 0 bridgehead atoms. The molecule has 1 N–H and O–H groups in total. The molecule has 0 spiro atoms. The Balaban J connectivity index is 0. The molecule has 0 aromatic heterocycles. The van der Waals surface area contributed by atoms with Crippen LogP contribution in [0.2, 0.25) is 0 Å². The third-order valence-corrected chi connectivity index (χ3v) is 7.06. The first-order valence-corrected chi connectivity index (χ1v) is 15.5. The van der Waals surface area contributed by atoms with Crippen LogP contribution in [0.3, 0.4) is 0 Å². The van der Waals surface area contributed by atoms with E-state index in [1.54, 1.807) is 7.11 Å². The zero-order valence-electron chi connectivity index (χ0n) is 27.2. The van der Waals surface area contributed by atoms with Crippen molar-refractivity contribution in [2.45, 2.75) is 97.9 Å². The van der Waals surface area contributed by atoms with Crippen LogP contribution in [0.5, 0.6) is 0 Å². The van der Waals surface area contributed by atoms with Crippen molar-refractivity contribution in [3.8, 4) is 0 Å². The highest BCUT2D eigenvalue weighted by Crippen LogP contribution is 2.18. The highest BCUT2D eigenvalue weighted by molar-refractivity contribution is 5.91. The topological polar surface area (TPSA) is 168 Å². The number of methoxy groups -OCH3 is 1. The van der Waals surface area contributed by atoms with Gasteiger partial charge in [-0.05, 0) is 53.4 Å². The summed E-state index contributed by atoms with van der Waals surface area (Å²) in [4.78, 5) is 86.2. The largest absolute Gasteiger partial charge is 0.382 e. The molecular formula is C32H55NO11. The van der Waals surface area contributed by atoms with Gasteiger partial charge in [-0.1, -0.05) is 0 Å². The molecule has 12 heteroatoms. The molecule has 0 saturated carbocycles. The average Bonchev–Trinajstić information content (AvgIpc) is 2.96. The zero-order valence-corrected chi connectivity index (χ0v) is 27.2. The van der Waals surface area contributed by atoms with Crippen LogP contribution < -0.4 is 5.32 Å². The van der Waals surface area contributed by atoms with Crippen LogP contribution in [-0.4, -0.2) is 100 Å². The summed E-state index contributed by atoms with van der Waals surface area (Å²) >= 11 is 0. The first kappa shape index (κ1) is 41.3. The van der Waals surface area contributed by atoms with E-state index >= 15 is 0 Å². The van der Waals surface area contributed by atoms with Crippen LogP contribution in [0.15, 0.2) is 0 Å². The number of ketones is 6. The fourth-order valence-corrected chi connectivity index (χ4v) is 4.41. The van der Waals surface area contributed by atoms with Crippen molar-refractivity contribution in [2.24, 2.45) is 11.8 Å². The van der Waals surface area contributed by atoms with E-state index in [2.05, 4.69) is 5.32 Å². The van der Waals surface area contributed by atoms with Crippen molar-refractivity contribution in [2.75, 3.05) is 53.4 Å². The molecule has 3 atom stereocenters. The fourth-order valence-electron chi connectivity index (χ4n) is 4.41. The number of hydrogen-bond acceptors (Lipinski definition) is 11. The molecule has 254 valence electrons. The van der Waals surface area contributed by atoms with Crippen LogP contribution >= 0.6 is 0 Å². The first-order chi connectivity index (χ1) is 20.9. The zero-order chi connectivity index (χ0) is 33.3. The van der Waals surface area contributed by atoms with Gasteiger partial charge >= 0.3 is 0 Å². The Hall–Kier alpha value is -2.67. The van der Waals surface area contributed by atoms with Gasteiger partial charge in [-0.2, -0.15) is 0 Å². The quantitative estimate of drug-likeness (QED) is 0.116. The summed E-state index contributed by atoms with van der Waals surface area (Å²) in [5.74, 6) is -2.93. The van der Waals surface area contributed by atoms with Crippen LogP contribution in [0.25, 0.3) is 0 Å². The summed E-state index contributed by atoms with van der Waals surface area (Å²) in [6.45, 7) is 8.17. The number of Topliss-reactive ketones (excluding diaryl/α,β-unsaturated/α-hetero) is 6. The number of nitrogens with one attached hydrogen (secondary N) is 1. The summed E-state index contributed by atoms with van der Waals surface area (Å²) in [6.07, 6.45) is 1.14. The molecule has 3 unspecified atom stereocenters. The van der Waals surface area contributed by atoms with E-state index in [0.717, 1.165) is 0 Å². The van der Waals surface area contributed by atoms with Crippen molar-refractivity contribution in [1.29, 1.82) is 0 Å². The Morgan fingerprint density at radius 1 is 0.659 bits per heavy atom. The van der Waals surface area contributed by atoms with Gasteiger partial charge < -0.3 is 29.1 Å². The molecular weight excluding hydrogens is 574 g/mol. The molecule has 0 aliphatic rings. The molecule has 12 nitrogen and oxygen atoms in total. The Labute approximate surface area is 263 Å². The molecule has 0 rings (SSSR count). The van der Waals surface area contributed by atoms with Crippen LogP contribution in [0, 0.1) is 11.8 Å². The maximum absolute atomic E-state index is 13.0. The number of ether oxygens (including phenoxy) is 4. The van der Waals surface area contributed by atoms with E-state index in [0.29, 0.717) is 45.9 Å². The Morgan fingerprint density at radius 3 is 1.91 bits per heavy atom. The monoisotopic (exact) mass is 629 g/mol. The standard InChI is InChI=1S/C32H53NO11.H2/c1-6-42-18-19-44-22-29(38)21-27(31(39)8-7-15-43-17-16-41-5)11-14-32(40)33-30(25(4)36)13-12-28(37)20-26(24(3)35)10-9-23(2)34;/h26-27,30H,6-22H2,1-5H3,(H,33,40);1H. The summed E-state index contributed by atoms with van der Waals surface area (Å²) in [6, 6.07) is -0.904. The van der Waals surface area contributed by atoms with Crippen molar-refractivity contribution in [1.82, 2.24) is 5.32 Å². The molecule has 0 fully saturated rings. The van der Waals surface area contributed by atoms with Gasteiger partial charge in [0.1, 0.15) is 29.7 Å². The third-order valence-electron chi connectivity index (χ3n) is 7.06. The average molecular weight is 630 g/mol. The normalized spacial score (nSPS) is 13.1. The van der Waals surface area contributed by atoms with Gasteiger partial charge in [-0.25, -0.2) is 0 Å². The van der Waals surface area contributed by atoms with Crippen molar-refractivity contribution in [3.05, 3.63) is 0 Å². The van der Waals surface area contributed by atoms with E-state index in [9.17, 15) is 33.6 Å². The fraction of sp³-hybridized carbons (Fsp3) is 0.781. The summed E-state index contributed by atoms with van der Waals surface area (Å²) in [5, 5.41) is 2.64. The van der Waals surface area contributed by atoms with E-state index in [1.807, 2.05) is 6.92 Å². The van der Waals surface area contributed by atoms with E-state index < -0.39 is 23.8 Å². The Kier molecular flexibility index (Phi) is 24.1. The summed E-state index contributed by atoms with van der Waals surface area (Å²) < 4.78 is 20.8. The Bertz CT molecular complexity index is 925. The van der Waals surface area contributed by atoms with Crippen molar-refractivity contribution in [3.63, 3.8) is 0 Å². The smallest absolute Gasteiger partial charge is 0.220 e. The summed E-state index contributed by atoms with van der Waals surface area (Å²) in [7, 11) is 1.56. The minimum absolute atomic E-state index is 0. The molecule has 0 aromatic carbocycles. The lowest BCUT2D eigenvalue weighted by Crippen LogP contribution is -2.40. The molecule has 0 aliphatic heterocycles.